The first-order valence-corrected chi connectivity index (χ1v) is 9.07. The molecule has 0 aliphatic heterocycles. The molecule has 1 aromatic carbocycles. The molecule has 0 saturated heterocycles. The molecule has 25 heavy (non-hydrogen) atoms. The van der Waals surface area contributed by atoms with Gasteiger partial charge in [-0.15, -0.1) is 5.10 Å². The van der Waals surface area contributed by atoms with Crippen LogP contribution < -0.4 is 15.4 Å². The Morgan fingerprint density at radius 1 is 1.44 bits per heavy atom. The lowest BCUT2D eigenvalue weighted by Crippen LogP contribution is -2.39. The largest absolute Gasteiger partial charge is 0.495 e. The number of carbonyl (C=O) groups is 1. The van der Waals surface area contributed by atoms with E-state index < -0.39 is 0 Å². The van der Waals surface area contributed by atoms with Crippen molar-refractivity contribution in [3.8, 4) is 5.75 Å². The average molecular weight is 382 g/mol. The van der Waals surface area contributed by atoms with Gasteiger partial charge in [-0.3, -0.25) is 9.69 Å². The molecule has 1 amide bonds. The van der Waals surface area contributed by atoms with E-state index in [-0.39, 0.29) is 18.5 Å². The molecule has 0 aliphatic carbocycles. The summed E-state index contributed by atoms with van der Waals surface area (Å²) in [5.74, 6) is 0.712. The lowest BCUT2D eigenvalue weighted by molar-refractivity contribution is -0.122. The van der Waals surface area contributed by atoms with Crippen molar-refractivity contribution < 1.29 is 9.53 Å². The van der Waals surface area contributed by atoms with Gasteiger partial charge in [0.1, 0.15) is 5.75 Å². The van der Waals surface area contributed by atoms with Crippen LogP contribution in [0.1, 0.15) is 13.8 Å². The number of nitrogens with one attached hydrogen (secondary N) is 2. The van der Waals surface area contributed by atoms with Gasteiger partial charge in [0.05, 0.1) is 26.0 Å². The lowest BCUT2D eigenvalue weighted by atomic mass is 10.3. The number of para-hydroxylation sites is 2. The Kier molecular flexibility index (Phi) is 6.91. The molecule has 2 N–H and O–H groups in total. The molecule has 0 unspecified atom stereocenters. The van der Waals surface area contributed by atoms with Crippen LogP contribution >= 0.6 is 23.6 Å². The summed E-state index contributed by atoms with van der Waals surface area (Å²) in [6, 6.07) is 7.73. The highest BCUT2D eigenvalue weighted by Gasteiger charge is 2.11. The van der Waals surface area contributed by atoms with Crippen LogP contribution in [0.25, 0.3) is 0 Å². The van der Waals surface area contributed by atoms with Gasteiger partial charge in [-0.2, -0.15) is 0 Å². The lowest BCUT2D eigenvalue weighted by Gasteiger charge is -2.17. The number of likely N-dealkylation sites (N-methyl/N-ethyl adjacent to an activating group) is 1. The van der Waals surface area contributed by atoms with E-state index in [0.717, 1.165) is 11.4 Å². The van der Waals surface area contributed by atoms with Crippen molar-refractivity contribution >= 4 is 40.3 Å². The quantitative estimate of drug-likeness (QED) is 0.685. The zero-order valence-corrected chi connectivity index (χ0v) is 16.4. The summed E-state index contributed by atoms with van der Waals surface area (Å²) in [5.41, 5.74) is 0.825. The monoisotopic (exact) mass is 381 g/mol. The molecule has 9 heteroatoms. The third-order valence-corrected chi connectivity index (χ3v) is 4.42. The van der Waals surface area contributed by atoms with Crippen LogP contribution in [-0.4, -0.2) is 47.3 Å². The second-order valence-electron chi connectivity index (χ2n) is 5.88. The zero-order valence-electron chi connectivity index (χ0n) is 14.8. The fourth-order valence-corrected chi connectivity index (χ4v) is 3.21. The number of methoxy groups -OCH3 is 1. The van der Waals surface area contributed by atoms with E-state index in [0.29, 0.717) is 15.8 Å². The van der Waals surface area contributed by atoms with Crippen molar-refractivity contribution in [2.24, 2.45) is 0 Å². The zero-order chi connectivity index (χ0) is 18.4. The van der Waals surface area contributed by atoms with Gasteiger partial charge >= 0.3 is 0 Å². The molecular formula is C16H23N5O2S2. The van der Waals surface area contributed by atoms with E-state index in [2.05, 4.69) is 15.7 Å². The predicted octanol–water partition coefficient (Wildman–Crippen LogP) is 2.84. The van der Waals surface area contributed by atoms with Crippen LogP contribution in [0.2, 0.25) is 0 Å². The number of nitrogens with zero attached hydrogens (tertiary/aromatic N) is 3. The number of ether oxygens (including phenoxy) is 1. The first-order valence-electron chi connectivity index (χ1n) is 7.85. The molecule has 0 atom stereocenters. The van der Waals surface area contributed by atoms with Crippen LogP contribution in [0.3, 0.4) is 0 Å². The highest BCUT2D eigenvalue weighted by Crippen LogP contribution is 2.28. The molecule has 7 nitrogen and oxygen atoms in total. The van der Waals surface area contributed by atoms with E-state index in [9.17, 15) is 4.79 Å². The van der Waals surface area contributed by atoms with Crippen LogP contribution in [0.15, 0.2) is 24.3 Å². The molecule has 1 aromatic heterocycles. The standard InChI is InChI=1S/C16H23N5O2S2/c1-11(2)17-14(22)9-20(3)10-21-16(24)25-15(19-21)18-12-7-5-6-8-13(12)23-4/h5-8,11H,9-10H2,1-4H3,(H,17,22)(H,18,19). The van der Waals surface area contributed by atoms with Crippen molar-refractivity contribution in [2.45, 2.75) is 26.6 Å². The van der Waals surface area contributed by atoms with Crippen molar-refractivity contribution in [3.05, 3.63) is 28.2 Å². The van der Waals surface area contributed by atoms with Crippen LogP contribution in [0, 0.1) is 3.95 Å². The van der Waals surface area contributed by atoms with Gasteiger partial charge in [0.15, 0.2) is 3.95 Å². The van der Waals surface area contributed by atoms with E-state index in [1.165, 1.54) is 11.3 Å². The summed E-state index contributed by atoms with van der Waals surface area (Å²) in [4.78, 5) is 13.7. The normalized spacial score (nSPS) is 11.0. The van der Waals surface area contributed by atoms with Gasteiger partial charge in [0.25, 0.3) is 0 Å². The minimum atomic E-state index is -0.0216. The minimum absolute atomic E-state index is 0.0216. The molecule has 0 spiro atoms. The van der Waals surface area contributed by atoms with E-state index in [4.69, 9.17) is 17.0 Å². The van der Waals surface area contributed by atoms with Gasteiger partial charge < -0.3 is 15.4 Å². The summed E-state index contributed by atoms with van der Waals surface area (Å²) < 4.78 is 7.65. The van der Waals surface area contributed by atoms with Crippen LogP contribution in [0.5, 0.6) is 5.75 Å². The van der Waals surface area contributed by atoms with Crippen molar-refractivity contribution in [1.82, 2.24) is 20.0 Å². The van der Waals surface area contributed by atoms with E-state index >= 15 is 0 Å². The fraction of sp³-hybridized carbons (Fsp3) is 0.438. The molecule has 2 aromatic rings. The summed E-state index contributed by atoms with van der Waals surface area (Å²) in [6.45, 7) is 4.59. The Hall–Kier alpha value is -1.97. The predicted molar refractivity (Wildman–Crippen MR) is 103 cm³/mol. The SMILES string of the molecule is COc1ccccc1Nc1nn(CN(C)CC(=O)NC(C)C)c(=S)s1. The number of amides is 1. The molecule has 0 aliphatic rings. The first-order chi connectivity index (χ1) is 11.9. The maximum atomic E-state index is 11.8. The molecule has 2 rings (SSSR count). The minimum Gasteiger partial charge on any atom is -0.495 e. The fourth-order valence-electron chi connectivity index (χ4n) is 2.20. The van der Waals surface area contributed by atoms with Crippen molar-refractivity contribution in [2.75, 3.05) is 26.0 Å². The number of rotatable bonds is 8. The van der Waals surface area contributed by atoms with E-state index in [1.54, 1.807) is 11.8 Å². The molecule has 1 heterocycles. The Morgan fingerprint density at radius 3 is 2.84 bits per heavy atom. The molecule has 0 radical (unpaired) electrons. The summed E-state index contributed by atoms with van der Waals surface area (Å²) >= 11 is 6.75. The maximum Gasteiger partial charge on any atom is 0.234 e. The van der Waals surface area contributed by atoms with Crippen LogP contribution in [0.4, 0.5) is 10.8 Å². The number of carbonyl (C=O) groups excluding carboxylic acids is 1. The molecule has 0 saturated carbocycles. The number of hydrogen-bond donors (Lipinski definition) is 2. The maximum absolute atomic E-state index is 11.8. The number of hydrogen-bond acceptors (Lipinski definition) is 7. The Labute approximate surface area is 156 Å². The Bertz CT molecular complexity index is 772. The van der Waals surface area contributed by atoms with Gasteiger partial charge in [-0.1, -0.05) is 23.5 Å². The number of benzene rings is 1. The molecular weight excluding hydrogens is 358 g/mol. The third kappa shape index (κ3) is 5.80. The van der Waals surface area contributed by atoms with Crippen molar-refractivity contribution in [3.63, 3.8) is 0 Å². The second-order valence-corrected chi connectivity index (χ2v) is 7.50. The smallest absolute Gasteiger partial charge is 0.234 e. The van der Waals surface area contributed by atoms with Gasteiger partial charge in [-0.25, -0.2) is 4.68 Å². The summed E-state index contributed by atoms with van der Waals surface area (Å²) in [6.07, 6.45) is 0. The number of anilines is 2. The Balaban J connectivity index is 2.02. The summed E-state index contributed by atoms with van der Waals surface area (Å²) in [7, 11) is 3.48. The third-order valence-electron chi connectivity index (χ3n) is 3.19. The van der Waals surface area contributed by atoms with Gasteiger partial charge in [0.2, 0.25) is 11.0 Å². The molecule has 0 bridgehead atoms. The highest BCUT2D eigenvalue weighted by molar-refractivity contribution is 7.73. The number of aromatic nitrogens is 2. The van der Waals surface area contributed by atoms with Gasteiger partial charge in [-0.05, 0) is 45.2 Å². The Morgan fingerprint density at radius 2 is 2.16 bits per heavy atom. The summed E-state index contributed by atoms with van der Waals surface area (Å²) in [5, 5.41) is 11.2. The first kappa shape index (κ1) is 19.4. The van der Waals surface area contributed by atoms with Crippen molar-refractivity contribution in [1.29, 1.82) is 0 Å². The topological polar surface area (TPSA) is 71.4 Å². The van der Waals surface area contributed by atoms with Crippen LogP contribution in [-0.2, 0) is 11.5 Å². The van der Waals surface area contributed by atoms with E-state index in [1.807, 2.05) is 50.1 Å². The second kappa shape index (κ2) is 8.93. The molecule has 0 fully saturated rings. The molecule has 136 valence electrons. The van der Waals surface area contributed by atoms with Gasteiger partial charge in [0, 0.05) is 6.04 Å². The average Bonchev–Trinajstić information content (AvgIpc) is 2.86. The highest BCUT2D eigenvalue weighted by atomic mass is 32.1.